The van der Waals surface area contributed by atoms with Crippen molar-refractivity contribution in [3.05, 3.63) is 53.7 Å². The second-order valence-electron chi connectivity index (χ2n) is 8.03. The fourth-order valence-corrected chi connectivity index (χ4v) is 5.64. The SMILES string of the molecule is CCCS(=O)(=O)c1ccccc1Nc1nc(Nc2ccc(P(C)(C)=O)cc2OC(F)(F)F)ncc1Cl. The van der Waals surface area contributed by atoms with Crippen LogP contribution in [0.4, 0.5) is 36.3 Å². The number of hydrogen-bond donors (Lipinski definition) is 2. The lowest BCUT2D eigenvalue weighted by Gasteiger charge is -2.17. The van der Waals surface area contributed by atoms with Crippen LogP contribution >= 0.6 is 18.7 Å². The minimum atomic E-state index is -5.00. The van der Waals surface area contributed by atoms with Crippen molar-refractivity contribution in [2.24, 2.45) is 0 Å². The van der Waals surface area contributed by atoms with Gasteiger partial charge in [-0.25, -0.2) is 13.4 Å². The summed E-state index contributed by atoms with van der Waals surface area (Å²) in [5.41, 5.74) is 0.0910. The van der Waals surface area contributed by atoms with Crippen LogP contribution in [0, 0.1) is 0 Å². The smallest absolute Gasteiger partial charge is 0.404 e. The number of rotatable bonds is 9. The summed E-state index contributed by atoms with van der Waals surface area (Å²) in [5.74, 6) is -0.800. The van der Waals surface area contributed by atoms with E-state index in [-0.39, 0.29) is 44.1 Å². The van der Waals surface area contributed by atoms with Crippen molar-refractivity contribution in [2.45, 2.75) is 24.6 Å². The van der Waals surface area contributed by atoms with Crippen LogP contribution in [0.25, 0.3) is 0 Å². The lowest BCUT2D eigenvalue weighted by Crippen LogP contribution is -2.19. The maximum atomic E-state index is 13.0. The van der Waals surface area contributed by atoms with Crippen molar-refractivity contribution in [2.75, 3.05) is 29.7 Å². The number of ether oxygens (including phenoxy) is 1. The molecule has 0 bridgehead atoms. The van der Waals surface area contributed by atoms with Gasteiger partial charge >= 0.3 is 6.36 Å². The first-order chi connectivity index (χ1) is 16.7. The summed E-state index contributed by atoms with van der Waals surface area (Å²) in [7, 11) is -6.46. The number of sulfone groups is 1. The van der Waals surface area contributed by atoms with Crippen LogP contribution in [0.1, 0.15) is 13.3 Å². The summed E-state index contributed by atoms with van der Waals surface area (Å²) >= 11 is 6.20. The van der Waals surface area contributed by atoms with Gasteiger partial charge in [0, 0.05) is 5.30 Å². The lowest BCUT2D eigenvalue weighted by molar-refractivity contribution is -0.274. The van der Waals surface area contributed by atoms with Gasteiger partial charge in [0.05, 0.1) is 28.2 Å². The fraction of sp³-hybridized carbons (Fsp3) is 0.273. The second kappa shape index (κ2) is 10.7. The van der Waals surface area contributed by atoms with E-state index in [0.717, 1.165) is 6.07 Å². The van der Waals surface area contributed by atoms with Crippen LogP contribution in [0.5, 0.6) is 5.75 Å². The predicted octanol–water partition coefficient (Wildman–Crippen LogP) is 5.95. The Kier molecular flexibility index (Phi) is 8.22. The monoisotopic (exact) mass is 562 g/mol. The Balaban J connectivity index is 1.98. The van der Waals surface area contributed by atoms with E-state index in [1.165, 1.54) is 43.8 Å². The number of alkyl halides is 3. The molecule has 0 spiro atoms. The highest BCUT2D eigenvalue weighted by molar-refractivity contribution is 7.91. The van der Waals surface area contributed by atoms with Crippen LogP contribution in [-0.4, -0.2) is 43.8 Å². The highest BCUT2D eigenvalue weighted by Gasteiger charge is 2.33. The van der Waals surface area contributed by atoms with Crippen molar-refractivity contribution < 1.29 is 30.9 Å². The molecule has 1 heterocycles. The van der Waals surface area contributed by atoms with Crippen molar-refractivity contribution in [1.82, 2.24) is 9.97 Å². The third-order valence-corrected chi connectivity index (χ3v) is 8.52. The predicted molar refractivity (Wildman–Crippen MR) is 135 cm³/mol. The quantitative estimate of drug-likeness (QED) is 0.308. The second-order valence-corrected chi connectivity index (χ2v) is 13.7. The van der Waals surface area contributed by atoms with Gasteiger partial charge in [0.2, 0.25) is 5.95 Å². The van der Waals surface area contributed by atoms with Crippen molar-refractivity contribution in [3.8, 4) is 5.75 Å². The number of aromatic nitrogens is 2. The van der Waals surface area contributed by atoms with Gasteiger partial charge in [-0.2, -0.15) is 4.98 Å². The zero-order chi connectivity index (χ0) is 26.7. The lowest BCUT2D eigenvalue weighted by atomic mass is 10.3. The minimum absolute atomic E-state index is 0.0230. The third-order valence-electron chi connectivity index (χ3n) is 4.75. The first kappa shape index (κ1) is 27.8. The topological polar surface area (TPSA) is 110 Å². The van der Waals surface area contributed by atoms with Gasteiger partial charge in [-0.3, -0.25) is 0 Å². The van der Waals surface area contributed by atoms with E-state index in [1.54, 1.807) is 19.1 Å². The van der Waals surface area contributed by atoms with E-state index in [9.17, 15) is 26.2 Å². The van der Waals surface area contributed by atoms with Crippen LogP contribution in [0.15, 0.2) is 53.6 Å². The standard InChI is InChI=1S/C22H23ClF3N4O4PS/c1-4-11-36(32,33)19-8-6-5-7-17(19)28-20-15(23)13-27-21(30-20)29-16-10-9-14(35(2,3)31)12-18(16)34-22(24,25)26/h5-10,12-13H,4,11H2,1-3H3,(H2,27,28,29,30). The van der Waals surface area contributed by atoms with E-state index in [0.29, 0.717) is 6.42 Å². The molecule has 2 aromatic carbocycles. The molecule has 0 atom stereocenters. The average molecular weight is 563 g/mol. The van der Waals surface area contributed by atoms with Gasteiger partial charge in [0.1, 0.15) is 12.2 Å². The zero-order valence-electron chi connectivity index (χ0n) is 19.4. The number of para-hydroxylation sites is 1. The van der Waals surface area contributed by atoms with E-state index in [1.807, 2.05) is 0 Å². The van der Waals surface area contributed by atoms with Gasteiger partial charge in [-0.05, 0) is 50.1 Å². The number of benzene rings is 2. The number of halogens is 4. The van der Waals surface area contributed by atoms with Crippen molar-refractivity contribution >= 4 is 57.0 Å². The fourth-order valence-electron chi connectivity index (χ4n) is 3.14. The summed E-state index contributed by atoms with van der Waals surface area (Å²) < 4.78 is 80.8. The van der Waals surface area contributed by atoms with Crippen LogP contribution in [0.3, 0.4) is 0 Å². The first-order valence-electron chi connectivity index (χ1n) is 10.5. The van der Waals surface area contributed by atoms with Crippen molar-refractivity contribution in [1.29, 1.82) is 0 Å². The van der Waals surface area contributed by atoms with Gasteiger partial charge in [-0.1, -0.05) is 30.7 Å². The van der Waals surface area contributed by atoms with E-state index < -0.39 is 29.1 Å². The highest BCUT2D eigenvalue weighted by atomic mass is 35.5. The molecule has 0 radical (unpaired) electrons. The maximum Gasteiger partial charge on any atom is 0.573 e. The molecule has 0 aliphatic carbocycles. The Bertz CT molecular complexity index is 1410. The molecular weight excluding hydrogens is 540 g/mol. The maximum absolute atomic E-state index is 13.0. The van der Waals surface area contributed by atoms with Crippen LogP contribution in [0.2, 0.25) is 5.02 Å². The molecule has 0 saturated heterocycles. The molecule has 14 heteroatoms. The summed E-state index contributed by atoms with van der Waals surface area (Å²) in [6.07, 6.45) is -3.37. The molecule has 8 nitrogen and oxygen atoms in total. The number of nitrogens with zero attached hydrogens (tertiary/aromatic N) is 2. The Hall–Kier alpha value is -2.82. The Morgan fingerprint density at radius 2 is 1.78 bits per heavy atom. The van der Waals surface area contributed by atoms with Gasteiger partial charge in [0.15, 0.2) is 21.4 Å². The summed E-state index contributed by atoms with van der Waals surface area (Å²) in [6, 6.07) is 9.92. The summed E-state index contributed by atoms with van der Waals surface area (Å²) in [4.78, 5) is 8.22. The molecule has 0 amide bonds. The number of hydrogen-bond acceptors (Lipinski definition) is 8. The van der Waals surface area contributed by atoms with Gasteiger partial charge in [0.25, 0.3) is 0 Å². The Morgan fingerprint density at radius 3 is 2.42 bits per heavy atom. The first-order valence-corrected chi connectivity index (χ1v) is 15.2. The van der Waals surface area contributed by atoms with Crippen LogP contribution < -0.4 is 20.7 Å². The molecule has 0 saturated carbocycles. The normalized spacial score (nSPS) is 12.3. The molecule has 0 unspecified atom stereocenters. The molecule has 1 aromatic heterocycles. The van der Waals surface area contributed by atoms with Crippen molar-refractivity contribution in [3.63, 3.8) is 0 Å². The van der Waals surface area contributed by atoms with Gasteiger partial charge in [-0.15, -0.1) is 13.2 Å². The molecule has 0 fully saturated rings. The van der Waals surface area contributed by atoms with E-state index in [2.05, 4.69) is 25.3 Å². The molecule has 0 aliphatic heterocycles. The molecule has 0 aliphatic rings. The zero-order valence-corrected chi connectivity index (χ0v) is 21.9. The Morgan fingerprint density at radius 1 is 1.08 bits per heavy atom. The van der Waals surface area contributed by atoms with E-state index >= 15 is 0 Å². The van der Waals surface area contributed by atoms with E-state index in [4.69, 9.17) is 11.6 Å². The largest absolute Gasteiger partial charge is 0.573 e. The minimum Gasteiger partial charge on any atom is -0.404 e. The molecule has 3 aromatic rings. The number of nitrogens with one attached hydrogen (secondary N) is 2. The molecule has 194 valence electrons. The number of anilines is 4. The Labute approximate surface area is 211 Å². The molecular formula is C22H23ClF3N4O4PS. The van der Waals surface area contributed by atoms with Crippen LogP contribution in [-0.2, 0) is 14.4 Å². The summed E-state index contributed by atoms with van der Waals surface area (Å²) in [5, 5.41) is 5.74. The third kappa shape index (κ3) is 7.11. The molecule has 36 heavy (non-hydrogen) atoms. The average Bonchev–Trinajstić information content (AvgIpc) is 2.76. The van der Waals surface area contributed by atoms with Gasteiger partial charge < -0.3 is 19.9 Å². The molecule has 3 rings (SSSR count). The summed E-state index contributed by atoms with van der Waals surface area (Å²) in [6.45, 7) is 4.59. The highest BCUT2D eigenvalue weighted by Crippen LogP contribution is 2.39. The molecule has 2 N–H and O–H groups in total.